The highest BCUT2D eigenvalue weighted by molar-refractivity contribution is 5.86. The molecule has 1 unspecified atom stereocenters. The summed E-state index contributed by atoms with van der Waals surface area (Å²) in [5.41, 5.74) is 0.485. The molecule has 0 aromatic carbocycles. The van der Waals surface area contributed by atoms with Crippen molar-refractivity contribution in [2.24, 2.45) is 0 Å². The second-order valence-corrected chi connectivity index (χ2v) is 8.54. The molecule has 3 nitrogen and oxygen atoms in total. The normalized spacial score (nSPS) is 11.9. The van der Waals surface area contributed by atoms with Gasteiger partial charge in [-0.2, -0.15) is 0 Å². The smallest absolute Gasteiger partial charge is 0.333 e. The van der Waals surface area contributed by atoms with Crippen LogP contribution < -0.4 is 21.9 Å². The number of hydrogen-bond donors (Lipinski definition) is 1. The molecule has 0 aliphatic heterocycles. The zero-order chi connectivity index (χ0) is 20.3. The number of carbonyl (C=O) groups is 1. The van der Waals surface area contributed by atoms with Crippen LogP contribution >= 0.6 is 0 Å². The highest BCUT2D eigenvalue weighted by atomic mass is 79.9. The van der Waals surface area contributed by atoms with E-state index in [0.717, 1.165) is 6.42 Å². The van der Waals surface area contributed by atoms with E-state index in [0.29, 0.717) is 18.2 Å². The fraction of sp³-hybridized carbons (Fsp3) is 0.875. The van der Waals surface area contributed by atoms with E-state index < -0.39 is 0 Å². The van der Waals surface area contributed by atoms with Gasteiger partial charge in [-0.15, -0.1) is 0 Å². The molecule has 1 N–H and O–H groups in total. The van der Waals surface area contributed by atoms with Gasteiger partial charge in [0.1, 0.15) is 12.6 Å². The van der Waals surface area contributed by atoms with E-state index in [2.05, 4.69) is 27.6 Å². The molecule has 0 bridgehead atoms. The molecular formula is C24H48BrNO2. The molecule has 0 spiro atoms. The Kier molecular flexibility index (Phi) is 22.8. The summed E-state index contributed by atoms with van der Waals surface area (Å²) in [5.74, 6) is -0.262. The van der Waals surface area contributed by atoms with Crippen molar-refractivity contribution in [1.82, 2.24) is 0 Å². The Labute approximate surface area is 186 Å². The molecule has 0 fully saturated rings. The number of esters is 1. The lowest BCUT2D eigenvalue weighted by Gasteiger charge is -2.21. The molecule has 168 valence electrons. The topological polar surface area (TPSA) is 30.7 Å². The van der Waals surface area contributed by atoms with Crippen molar-refractivity contribution in [2.75, 3.05) is 20.7 Å². The van der Waals surface area contributed by atoms with E-state index in [4.69, 9.17) is 4.74 Å². The molecule has 0 aromatic rings. The Balaban J connectivity index is 0. The minimum Gasteiger partial charge on any atom is -1.00 e. The number of halogens is 1. The number of carbonyl (C=O) groups excluding carboxylic acids is 1. The number of rotatable bonds is 19. The molecule has 0 rings (SSSR count). The molecule has 0 aliphatic carbocycles. The van der Waals surface area contributed by atoms with E-state index in [-0.39, 0.29) is 23.0 Å². The van der Waals surface area contributed by atoms with Gasteiger partial charge in [-0.3, -0.25) is 0 Å². The Morgan fingerprint density at radius 1 is 0.821 bits per heavy atom. The van der Waals surface area contributed by atoms with Crippen molar-refractivity contribution in [2.45, 2.75) is 116 Å². The van der Waals surface area contributed by atoms with Gasteiger partial charge in [0.25, 0.3) is 0 Å². The fourth-order valence-corrected chi connectivity index (χ4v) is 3.42. The van der Waals surface area contributed by atoms with E-state index in [9.17, 15) is 4.79 Å². The maximum absolute atomic E-state index is 11.5. The van der Waals surface area contributed by atoms with Crippen LogP contribution in [0.1, 0.15) is 110 Å². The van der Waals surface area contributed by atoms with Gasteiger partial charge in [0.05, 0.1) is 14.1 Å². The van der Waals surface area contributed by atoms with Crippen LogP contribution in [0.4, 0.5) is 0 Å². The number of likely N-dealkylation sites (N-methyl/N-ethyl adjacent to an activating group) is 1. The predicted molar refractivity (Wildman–Crippen MR) is 117 cm³/mol. The Hall–Kier alpha value is -0.350. The predicted octanol–water partition coefficient (Wildman–Crippen LogP) is 2.49. The summed E-state index contributed by atoms with van der Waals surface area (Å²) < 4.78 is 5.34. The van der Waals surface area contributed by atoms with Crippen LogP contribution in [0.5, 0.6) is 0 Å². The van der Waals surface area contributed by atoms with Gasteiger partial charge in [0, 0.05) is 12.0 Å². The monoisotopic (exact) mass is 461 g/mol. The third kappa shape index (κ3) is 19.0. The van der Waals surface area contributed by atoms with Crippen molar-refractivity contribution in [1.29, 1.82) is 0 Å². The van der Waals surface area contributed by atoms with E-state index in [1.54, 1.807) is 6.92 Å². The van der Waals surface area contributed by atoms with Crippen molar-refractivity contribution < 1.29 is 31.4 Å². The number of hydrogen-bond acceptors (Lipinski definition) is 2. The number of quaternary nitrogens is 1. The minimum atomic E-state index is -0.262. The van der Waals surface area contributed by atoms with Crippen LogP contribution in [0, 0.1) is 0 Å². The molecule has 0 radical (unpaired) electrons. The summed E-state index contributed by atoms with van der Waals surface area (Å²) in [7, 11) is 4.28. The maximum Gasteiger partial charge on any atom is 0.333 e. The molecule has 1 atom stereocenters. The molecule has 0 aliphatic rings. The summed E-state index contributed by atoms with van der Waals surface area (Å²) >= 11 is 0. The molecule has 0 amide bonds. The second-order valence-electron chi connectivity index (χ2n) is 8.54. The van der Waals surface area contributed by atoms with Gasteiger partial charge in [0.15, 0.2) is 0 Å². The van der Waals surface area contributed by atoms with Crippen LogP contribution in [0.25, 0.3) is 0 Å². The summed E-state index contributed by atoms with van der Waals surface area (Å²) in [6.45, 7) is 8.13. The zero-order valence-electron chi connectivity index (χ0n) is 19.3. The van der Waals surface area contributed by atoms with E-state index in [1.807, 2.05) is 0 Å². The van der Waals surface area contributed by atoms with Crippen molar-refractivity contribution in [3.63, 3.8) is 0 Å². The Morgan fingerprint density at radius 3 is 1.57 bits per heavy atom. The molecular weight excluding hydrogens is 414 g/mol. The standard InChI is InChI=1S/C24H47NO2.BrH/c1-6-7-8-9-10-11-12-13-14-15-16-17-18-19-20-23(25(4)5)21-27-24(26)22(2)3;/h23H,2,6-21H2,1,3-5H3;1H. The molecule has 28 heavy (non-hydrogen) atoms. The number of nitrogens with one attached hydrogen (secondary N) is 1. The second kappa shape index (κ2) is 21.4. The first-order valence-electron chi connectivity index (χ1n) is 11.6. The quantitative estimate of drug-likeness (QED) is 0.182. The van der Waals surface area contributed by atoms with Crippen molar-refractivity contribution in [3.05, 3.63) is 12.2 Å². The first-order chi connectivity index (χ1) is 13.0. The molecule has 0 heterocycles. The number of ether oxygens (including phenoxy) is 1. The summed E-state index contributed by atoms with van der Waals surface area (Å²) in [6, 6.07) is 0.394. The van der Waals surface area contributed by atoms with E-state index in [1.165, 1.54) is 94.8 Å². The van der Waals surface area contributed by atoms with Gasteiger partial charge in [-0.05, 0) is 13.3 Å². The van der Waals surface area contributed by atoms with Crippen molar-refractivity contribution in [3.8, 4) is 0 Å². The van der Waals surface area contributed by atoms with Gasteiger partial charge >= 0.3 is 5.97 Å². The molecule has 0 saturated carbocycles. The third-order valence-electron chi connectivity index (χ3n) is 5.49. The Bertz CT molecular complexity index is 372. The largest absolute Gasteiger partial charge is 1.00 e. The van der Waals surface area contributed by atoms with E-state index >= 15 is 0 Å². The lowest BCUT2D eigenvalue weighted by atomic mass is 10.0. The maximum atomic E-state index is 11.5. The Morgan fingerprint density at radius 2 is 1.21 bits per heavy atom. The highest BCUT2D eigenvalue weighted by Gasteiger charge is 2.17. The first kappa shape index (κ1) is 29.8. The average molecular weight is 463 g/mol. The minimum absolute atomic E-state index is 0. The first-order valence-corrected chi connectivity index (χ1v) is 11.6. The lowest BCUT2D eigenvalue weighted by Crippen LogP contribution is -3.10. The van der Waals surface area contributed by atoms with Crippen LogP contribution in [-0.4, -0.2) is 32.7 Å². The molecule has 4 heteroatoms. The van der Waals surface area contributed by atoms with Crippen LogP contribution in [0.15, 0.2) is 12.2 Å². The number of unbranched alkanes of at least 4 members (excludes halogenated alkanes) is 13. The lowest BCUT2D eigenvalue weighted by molar-refractivity contribution is -0.886. The average Bonchev–Trinajstić information content (AvgIpc) is 2.63. The molecule has 0 aromatic heterocycles. The molecule has 0 saturated heterocycles. The van der Waals surface area contributed by atoms with Gasteiger partial charge in [-0.1, -0.05) is 97.0 Å². The van der Waals surface area contributed by atoms with Gasteiger partial charge in [0.2, 0.25) is 0 Å². The highest BCUT2D eigenvalue weighted by Crippen LogP contribution is 2.13. The van der Waals surface area contributed by atoms with Crippen molar-refractivity contribution >= 4 is 5.97 Å². The summed E-state index contributed by atoms with van der Waals surface area (Å²) in [6.07, 6.45) is 20.6. The summed E-state index contributed by atoms with van der Waals surface area (Å²) in [4.78, 5) is 12.9. The van der Waals surface area contributed by atoms with Crippen LogP contribution in [-0.2, 0) is 9.53 Å². The summed E-state index contributed by atoms with van der Waals surface area (Å²) in [5, 5.41) is 0. The zero-order valence-corrected chi connectivity index (χ0v) is 20.9. The van der Waals surface area contributed by atoms with Crippen LogP contribution in [0.2, 0.25) is 0 Å². The third-order valence-corrected chi connectivity index (χ3v) is 5.49. The SMILES string of the molecule is C=C(C)C(=O)OCC(CCCCCCCCCCCCCCCC)[NH+](C)C.[Br-]. The fourth-order valence-electron chi connectivity index (χ4n) is 3.42. The van der Waals surface area contributed by atoms with Crippen LogP contribution in [0.3, 0.4) is 0 Å². The van der Waals surface area contributed by atoms with Gasteiger partial charge < -0.3 is 26.6 Å². The van der Waals surface area contributed by atoms with Gasteiger partial charge in [-0.25, -0.2) is 4.79 Å².